The van der Waals surface area contributed by atoms with Crippen molar-refractivity contribution < 1.29 is 27.4 Å². The zero-order valence-electron chi connectivity index (χ0n) is 20.2. The summed E-state index contributed by atoms with van der Waals surface area (Å²) >= 11 is 0. The molecule has 10 heteroatoms. The van der Waals surface area contributed by atoms with Crippen molar-refractivity contribution in [3.8, 4) is 22.6 Å². The Balaban J connectivity index is 1.57. The predicted octanol–water partition coefficient (Wildman–Crippen LogP) is 4.49. The lowest BCUT2D eigenvalue weighted by atomic mass is 10.1. The third-order valence-electron chi connectivity index (χ3n) is 6.41. The number of carbonyl (C=O) groups is 1. The van der Waals surface area contributed by atoms with Gasteiger partial charge in [0, 0.05) is 23.6 Å². The van der Waals surface area contributed by atoms with Gasteiger partial charge in [-0.3, -0.25) is 9.78 Å². The lowest BCUT2D eigenvalue weighted by Gasteiger charge is -2.24. The predicted molar refractivity (Wildman–Crippen MR) is 133 cm³/mol. The Bertz CT molecular complexity index is 1420. The number of alkyl halides is 2. The quantitative estimate of drug-likeness (QED) is 0.397. The van der Waals surface area contributed by atoms with Crippen LogP contribution in [0.1, 0.15) is 10.4 Å². The minimum atomic E-state index is -2.95. The number of halogens is 3. The fourth-order valence-electron chi connectivity index (χ4n) is 4.54. The Morgan fingerprint density at radius 1 is 1.16 bits per heavy atom. The van der Waals surface area contributed by atoms with Gasteiger partial charge in [-0.05, 0) is 62.1 Å². The van der Waals surface area contributed by atoms with Gasteiger partial charge in [-0.2, -0.15) is 8.78 Å². The number of amides is 1. The molecule has 4 aromatic rings. The summed E-state index contributed by atoms with van der Waals surface area (Å²) in [4.78, 5) is 19.7. The van der Waals surface area contributed by atoms with E-state index in [2.05, 4.69) is 15.0 Å². The first-order chi connectivity index (χ1) is 17.8. The maximum absolute atomic E-state index is 13.6. The molecule has 0 unspecified atom stereocenters. The van der Waals surface area contributed by atoms with Crippen molar-refractivity contribution in [3.63, 3.8) is 0 Å². The number of carbonyl (C=O) groups excluding carboxylic acids is 1. The second kappa shape index (κ2) is 10.2. The molecule has 192 valence electrons. The number of ether oxygens (including phenoxy) is 2. The molecule has 0 spiro atoms. The van der Waals surface area contributed by atoms with Crippen LogP contribution >= 0.6 is 0 Å². The molecule has 1 amide bonds. The van der Waals surface area contributed by atoms with Gasteiger partial charge in [0.2, 0.25) is 0 Å². The summed E-state index contributed by atoms with van der Waals surface area (Å²) in [7, 11) is 3.87. The average Bonchev–Trinajstić information content (AvgIpc) is 3.49. The smallest absolute Gasteiger partial charge is 0.387 e. The normalized spacial score (nSPS) is 17.6. The summed E-state index contributed by atoms with van der Waals surface area (Å²) in [5.41, 5.74) is 3.38. The third-order valence-corrected chi connectivity index (χ3v) is 6.41. The molecule has 1 N–H and O–H groups in total. The summed E-state index contributed by atoms with van der Waals surface area (Å²) < 4.78 is 51.1. The van der Waals surface area contributed by atoms with Gasteiger partial charge < -0.3 is 24.3 Å². The number of rotatable bonds is 7. The number of aromatic nitrogens is 2. The Morgan fingerprint density at radius 3 is 2.68 bits per heavy atom. The summed E-state index contributed by atoms with van der Waals surface area (Å²) in [6.07, 6.45) is 3.26. The van der Waals surface area contributed by atoms with E-state index in [1.807, 2.05) is 19.0 Å². The summed E-state index contributed by atoms with van der Waals surface area (Å²) in [5, 5.41) is 3.03. The van der Waals surface area contributed by atoms with E-state index in [1.54, 1.807) is 41.1 Å². The fraction of sp³-hybridized carbons (Fsp3) is 0.259. The first-order valence-corrected chi connectivity index (χ1v) is 11.7. The Morgan fingerprint density at radius 2 is 1.95 bits per heavy atom. The van der Waals surface area contributed by atoms with Gasteiger partial charge in [-0.25, -0.2) is 4.39 Å². The van der Waals surface area contributed by atoms with Crippen molar-refractivity contribution in [2.45, 2.75) is 18.7 Å². The maximum atomic E-state index is 13.6. The molecule has 0 saturated carbocycles. The van der Waals surface area contributed by atoms with Gasteiger partial charge in [-0.15, -0.1) is 0 Å². The Labute approximate surface area is 211 Å². The van der Waals surface area contributed by atoms with E-state index in [9.17, 15) is 18.0 Å². The van der Waals surface area contributed by atoms with Gasteiger partial charge in [0.25, 0.3) is 5.91 Å². The van der Waals surface area contributed by atoms with Gasteiger partial charge >= 0.3 is 6.61 Å². The number of likely N-dealkylation sites (N-methyl/N-ethyl adjacent to an activating group) is 1. The highest BCUT2D eigenvalue weighted by Crippen LogP contribution is 2.34. The molecule has 1 aliphatic heterocycles. The van der Waals surface area contributed by atoms with Crippen molar-refractivity contribution in [1.82, 2.24) is 19.8 Å². The van der Waals surface area contributed by atoms with Crippen LogP contribution in [0.5, 0.6) is 5.75 Å². The van der Waals surface area contributed by atoms with Crippen molar-refractivity contribution >= 4 is 16.9 Å². The van der Waals surface area contributed by atoms with E-state index in [0.717, 1.165) is 0 Å². The molecule has 5 rings (SSSR count). The van der Waals surface area contributed by atoms with Crippen molar-refractivity contribution in [1.29, 1.82) is 0 Å². The number of benzene rings is 2. The van der Waals surface area contributed by atoms with Crippen LogP contribution in [0.4, 0.5) is 13.2 Å². The molecule has 0 aliphatic carbocycles. The van der Waals surface area contributed by atoms with Gasteiger partial charge in [0.05, 0.1) is 41.9 Å². The minimum absolute atomic E-state index is 0.0143. The van der Waals surface area contributed by atoms with Gasteiger partial charge in [0.1, 0.15) is 11.6 Å². The SMILES string of the molecule is CN(C)[C@H]1COC[C@@H]1NC(=O)c1cnc2c(-c3cccc(OC(F)F)c3)cn(-c3ccc(F)cc3)c2c1. The first kappa shape index (κ1) is 24.8. The summed E-state index contributed by atoms with van der Waals surface area (Å²) in [5.74, 6) is -0.664. The van der Waals surface area contributed by atoms with E-state index in [-0.39, 0.29) is 29.6 Å². The number of hydrogen-bond donors (Lipinski definition) is 1. The molecule has 1 fully saturated rings. The van der Waals surface area contributed by atoms with Crippen molar-refractivity contribution in [2.24, 2.45) is 0 Å². The summed E-state index contributed by atoms with van der Waals surface area (Å²) in [6, 6.07) is 13.8. The number of fused-ring (bicyclic) bond motifs is 1. The van der Waals surface area contributed by atoms with Crippen LogP contribution in [0, 0.1) is 5.82 Å². The largest absolute Gasteiger partial charge is 0.435 e. The highest BCUT2D eigenvalue weighted by molar-refractivity contribution is 6.00. The standard InChI is InChI=1S/C27H25F3N4O3/c1-33(2)24-15-36-14-22(24)32-26(35)17-11-23-25(31-12-17)21(13-34(23)19-8-6-18(28)7-9-19)16-4-3-5-20(10-16)37-27(29)30/h3-13,22,24,27H,14-15H2,1-2H3,(H,32,35)/t22-,24-/m0/s1. The Kier molecular flexibility index (Phi) is 6.86. The van der Waals surface area contributed by atoms with Crippen molar-refractivity contribution in [2.75, 3.05) is 27.3 Å². The number of pyridine rings is 1. The molecule has 7 nitrogen and oxygen atoms in total. The third kappa shape index (κ3) is 5.16. The van der Waals surface area contributed by atoms with E-state index in [4.69, 9.17) is 4.74 Å². The van der Waals surface area contributed by atoms with E-state index in [1.165, 1.54) is 30.5 Å². The molecule has 0 radical (unpaired) electrons. The van der Waals surface area contributed by atoms with Gasteiger partial charge in [-0.1, -0.05) is 12.1 Å². The van der Waals surface area contributed by atoms with Crippen LogP contribution in [-0.2, 0) is 4.74 Å². The van der Waals surface area contributed by atoms with Crippen LogP contribution in [0.3, 0.4) is 0 Å². The van der Waals surface area contributed by atoms with Gasteiger partial charge in [0.15, 0.2) is 0 Å². The molecule has 2 aromatic carbocycles. The van der Waals surface area contributed by atoms with Crippen molar-refractivity contribution in [3.05, 3.63) is 78.4 Å². The lowest BCUT2D eigenvalue weighted by Crippen LogP contribution is -2.48. The minimum Gasteiger partial charge on any atom is -0.435 e. The van der Waals surface area contributed by atoms with Crippen LogP contribution in [0.15, 0.2) is 67.0 Å². The molecule has 37 heavy (non-hydrogen) atoms. The second-order valence-corrected chi connectivity index (χ2v) is 9.04. The molecule has 1 saturated heterocycles. The van der Waals surface area contributed by atoms with Crippen LogP contribution in [-0.4, -0.2) is 66.4 Å². The fourth-order valence-corrected chi connectivity index (χ4v) is 4.54. The highest BCUT2D eigenvalue weighted by atomic mass is 19.3. The molecule has 2 aromatic heterocycles. The molecular formula is C27H25F3N4O3. The summed E-state index contributed by atoms with van der Waals surface area (Å²) in [6.45, 7) is -2.01. The topological polar surface area (TPSA) is 68.6 Å². The molecule has 1 aliphatic rings. The zero-order valence-corrected chi connectivity index (χ0v) is 20.2. The Hall–Kier alpha value is -3.89. The van der Waals surface area contributed by atoms with Crippen LogP contribution in [0.2, 0.25) is 0 Å². The zero-order chi connectivity index (χ0) is 26.1. The molecule has 0 bridgehead atoms. The van der Waals surface area contributed by atoms with Crippen LogP contribution < -0.4 is 10.1 Å². The second-order valence-electron chi connectivity index (χ2n) is 9.04. The maximum Gasteiger partial charge on any atom is 0.387 e. The lowest BCUT2D eigenvalue weighted by molar-refractivity contribution is -0.0498. The average molecular weight is 511 g/mol. The number of hydrogen-bond acceptors (Lipinski definition) is 5. The molecule has 2 atom stereocenters. The number of nitrogens with zero attached hydrogens (tertiary/aromatic N) is 3. The van der Waals surface area contributed by atoms with E-state index in [0.29, 0.717) is 46.6 Å². The van der Waals surface area contributed by atoms with E-state index >= 15 is 0 Å². The first-order valence-electron chi connectivity index (χ1n) is 11.7. The molecular weight excluding hydrogens is 485 g/mol. The molecule has 3 heterocycles. The number of nitrogens with one attached hydrogen (secondary N) is 1. The highest BCUT2D eigenvalue weighted by Gasteiger charge is 2.31. The van der Waals surface area contributed by atoms with E-state index < -0.39 is 6.61 Å². The van der Waals surface area contributed by atoms with Crippen LogP contribution in [0.25, 0.3) is 27.8 Å². The monoisotopic (exact) mass is 510 g/mol.